The number of hydrogen-bond acceptors (Lipinski definition) is 4. The quantitative estimate of drug-likeness (QED) is 0.889. The molecule has 2 rings (SSSR count). The maximum absolute atomic E-state index is 12.2. The predicted octanol–water partition coefficient (Wildman–Crippen LogP) is 1.54. The average molecular weight is 253 g/mol. The van der Waals surface area contributed by atoms with Gasteiger partial charge in [0.05, 0.1) is 17.7 Å². The Hall–Kier alpha value is -0.940. The number of nitrogens with two attached hydrogens (primary N) is 1. The van der Waals surface area contributed by atoms with E-state index in [0.717, 1.165) is 25.0 Å². The summed E-state index contributed by atoms with van der Waals surface area (Å²) in [6, 6.07) is 0.211. The van der Waals surface area contributed by atoms with E-state index in [1.165, 1.54) is 4.88 Å². The molecule has 1 aromatic rings. The Kier molecular flexibility index (Phi) is 3.79. The molecule has 1 heterocycles. The average Bonchev–Trinajstić information content (AvgIpc) is 2.88. The molecule has 0 aliphatic heterocycles. The first-order valence-corrected chi connectivity index (χ1v) is 6.85. The molecule has 1 saturated carbocycles. The molecule has 1 aromatic heterocycles. The Morgan fingerprint density at radius 1 is 1.65 bits per heavy atom. The molecule has 1 aliphatic rings. The summed E-state index contributed by atoms with van der Waals surface area (Å²) in [6.45, 7) is 2.65. The summed E-state index contributed by atoms with van der Waals surface area (Å²) in [7, 11) is 1.87. The lowest BCUT2D eigenvalue weighted by molar-refractivity contribution is -0.134. The third-order valence-electron chi connectivity index (χ3n) is 3.42. The molecule has 4 nitrogen and oxygen atoms in total. The van der Waals surface area contributed by atoms with Crippen LogP contribution < -0.4 is 5.73 Å². The predicted molar refractivity (Wildman–Crippen MR) is 68.6 cm³/mol. The number of carbonyl (C=O) groups excluding carboxylic acids is 1. The summed E-state index contributed by atoms with van der Waals surface area (Å²) in [5, 5.41) is 0. The number of rotatable bonds is 3. The van der Waals surface area contributed by atoms with E-state index in [1.54, 1.807) is 11.3 Å². The van der Waals surface area contributed by atoms with Crippen molar-refractivity contribution >= 4 is 17.2 Å². The van der Waals surface area contributed by atoms with Crippen molar-refractivity contribution in [1.82, 2.24) is 9.88 Å². The number of aryl methyl sites for hydroxylation is 1. The van der Waals surface area contributed by atoms with Crippen molar-refractivity contribution in [1.29, 1.82) is 0 Å². The summed E-state index contributed by atoms with van der Waals surface area (Å²) in [6.07, 6.45) is 2.75. The van der Waals surface area contributed by atoms with Crippen LogP contribution in [0, 0.1) is 12.8 Å². The Balaban J connectivity index is 1.94. The number of carbonyl (C=O) groups is 1. The van der Waals surface area contributed by atoms with Gasteiger partial charge in [0.2, 0.25) is 5.91 Å². The van der Waals surface area contributed by atoms with Crippen LogP contribution in [0.5, 0.6) is 0 Å². The van der Waals surface area contributed by atoms with E-state index in [4.69, 9.17) is 5.73 Å². The van der Waals surface area contributed by atoms with Crippen molar-refractivity contribution in [2.45, 2.75) is 38.8 Å². The van der Waals surface area contributed by atoms with Crippen LogP contribution in [0.25, 0.3) is 0 Å². The maximum atomic E-state index is 12.2. The zero-order valence-electron chi connectivity index (χ0n) is 10.3. The first-order valence-electron chi connectivity index (χ1n) is 5.97. The number of aromatic nitrogens is 1. The number of amides is 1. The molecule has 0 unspecified atom stereocenters. The highest BCUT2D eigenvalue weighted by atomic mass is 32.1. The topological polar surface area (TPSA) is 59.2 Å². The smallest absolute Gasteiger partial charge is 0.225 e. The minimum atomic E-state index is 0.128. The molecule has 2 atom stereocenters. The van der Waals surface area contributed by atoms with Crippen molar-refractivity contribution in [3.05, 3.63) is 16.1 Å². The Morgan fingerprint density at radius 2 is 2.41 bits per heavy atom. The van der Waals surface area contributed by atoms with Crippen LogP contribution in [0.3, 0.4) is 0 Å². The minimum Gasteiger partial charge on any atom is -0.340 e. The van der Waals surface area contributed by atoms with Gasteiger partial charge in [-0.3, -0.25) is 4.79 Å². The molecule has 0 bridgehead atoms. The van der Waals surface area contributed by atoms with Crippen molar-refractivity contribution in [3.8, 4) is 0 Å². The molecule has 0 radical (unpaired) electrons. The molecule has 94 valence electrons. The number of thiazole rings is 1. The largest absolute Gasteiger partial charge is 0.340 e. The molecule has 0 aromatic carbocycles. The van der Waals surface area contributed by atoms with Crippen molar-refractivity contribution < 1.29 is 4.79 Å². The zero-order chi connectivity index (χ0) is 12.4. The highest BCUT2D eigenvalue weighted by Gasteiger charge is 2.29. The molecule has 0 spiro atoms. The van der Waals surface area contributed by atoms with Crippen LogP contribution in [0.4, 0.5) is 0 Å². The van der Waals surface area contributed by atoms with Gasteiger partial charge in [-0.2, -0.15) is 0 Å². The summed E-state index contributed by atoms with van der Waals surface area (Å²) in [4.78, 5) is 19.4. The van der Waals surface area contributed by atoms with Gasteiger partial charge < -0.3 is 10.6 Å². The second-order valence-corrected chi connectivity index (χ2v) is 5.76. The van der Waals surface area contributed by atoms with Gasteiger partial charge in [-0.05, 0) is 26.2 Å². The first kappa shape index (κ1) is 12.5. The van der Waals surface area contributed by atoms with E-state index in [-0.39, 0.29) is 17.9 Å². The zero-order valence-corrected chi connectivity index (χ0v) is 11.2. The minimum absolute atomic E-state index is 0.128. The Bertz CT molecular complexity index is 404. The molecule has 1 aliphatic carbocycles. The van der Waals surface area contributed by atoms with E-state index in [1.807, 2.05) is 24.4 Å². The molecular formula is C12H19N3OS. The summed E-state index contributed by atoms with van der Waals surface area (Å²) in [5.41, 5.74) is 8.70. The molecule has 2 N–H and O–H groups in total. The van der Waals surface area contributed by atoms with E-state index < -0.39 is 0 Å². The lowest BCUT2D eigenvalue weighted by Crippen LogP contribution is -2.32. The van der Waals surface area contributed by atoms with Crippen LogP contribution in [-0.2, 0) is 11.3 Å². The number of nitrogens with zero attached hydrogens (tertiary/aromatic N) is 2. The van der Waals surface area contributed by atoms with Gasteiger partial charge in [0, 0.05) is 23.9 Å². The van der Waals surface area contributed by atoms with Crippen LogP contribution in [0.15, 0.2) is 5.51 Å². The monoisotopic (exact) mass is 253 g/mol. The van der Waals surface area contributed by atoms with Gasteiger partial charge in [0.15, 0.2) is 0 Å². The SMILES string of the molecule is Cc1ncsc1CN(C)C(=O)[C@@H]1CC[C@@H](N)C1. The van der Waals surface area contributed by atoms with Crippen molar-refractivity contribution in [2.24, 2.45) is 11.7 Å². The van der Waals surface area contributed by atoms with E-state index in [9.17, 15) is 4.79 Å². The highest BCUT2D eigenvalue weighted by molar-refractivity contribution is 7.09. The van der Waals surface area contributed by atoms with E-state index in [2.05, 4.69) is 4.98 Å². The normalized spacial score (nSPS) is 23.9. The lowest BCUT2D eigenvalue weighted by Gasteiger charge is -2.20. The molecule has 17 heavy (non-hydrogen) atoms. The van der Waals surface area contributed by atoms with Gasteiger partial charge in [0.25, 0.3) is 0 Å². The fourth-order valence-electron chi connectivity index (χ4n) is 2.32. The fraction of sp³-hybridized carbons (Fsp3) is 0.667. The van der Waals surface area contributed by atoms with Gasteiger partial charge >= 0.3 is 0 Å². The summed E-state index contributed by atoms with van der Waals surface area (Å²) in [5.74, 6) is 0.356. The molecule has 0 saturated heterocycles. The molecule has 5 heteroatoms. The second kappa shape index (κ2) is 5.14. The van der Waals surface area contributed by atoms with Crippen molar-refractivity contribution in [3.63, 3.8) is 0 Å². The van der Waals surface area contributed by atoms with Gasteiger partial charge in [0.1, 0.15) is 0 Å². The fourth-order valence-corrected chi connectivity index (χ4v) is 3.15. The van der Waals surface area contributed by atoms with Crippen molar-refractivity contribution in [2.75, 3.05) is 7.05 Å². The standard InChI is InChI=1S/C12H19N3OS/c1-8-11(17-7-14-8)6-15(2)12(16)9-3-4-10(13)5-9/h7,9-10H,3-6,13H2,1-2H3/t9-,10-/m1/s1. The third kappa shape index (κ3) is 2.84. The van der Waals surface area contributed by atoms with Crippen LogP contribution in [-0.4, -0.2) is 28.9 Å². The highest BCUT2D eigenvalue weighted by Crippen LogP contribution is 2.26. The third-order valence-corrected chi connectivity index (χ3v) is 4.34. The summed E-state index contributed by atoms with van der Waals surface area (Å²) >= 11 is 1.61. The van der Waals surface area contributed by atoms with Crippen LogP contribution in [0.1, 0.15) is 29.8 Å². The Labute approximate surface area is 106 Å². The van der Waals surface area contributed by atoms with Gasteiger partial charge in [-0.1, -0.05) is 0 Å². The number of hydrogen-bond donors (Lipinski definition) is 1. The maximum Gasteiger partial charge on any atom is 0.225 e. The first-order chi connectivity index (χ1) is 8.08. The Morgan fingerprint density at radius 3 is 2.94 bits per heavy atom. The van der Waals surface area contributed by atoms with Crippen LogP contribution >= 0.6 is 11.3 Å². The van der Waals surface area contributed by atoms with Crippen LogP contribution in [0.2, 0.25) is 0 Å². The van der Waals surface area contributed by atoms with E-state index >= 15 is 0 Å². The van der Waals surface area contributed by atoms with Gasteiger partial charge in [-0.15, -0.1) is 11.3 Å². The van der Waals surface area contributed by atoms with Gasteiger partial charge in [-0.25, -0.2) is 4.98 Å². The molecule has 1 fully saturated rings. The van der Waals surface area contributed by atoms with E-state index in [0.29, 0.717) is 6.54 Å². The summed E-state index contributed by atoms with van der Waals surface area (Å²) < 4.78 is 0. The second-order valence-electron chi connectivity index (χ2n) is 4.83. The lowest BCUT2D eigenvalue weighted by atomic mass is 10.1. The molecular weight excluding hydrogens is 234 g/mol. The molecule has 1 amide bonds.